The van der Waals surface area contributed by atoms with Crippen molar-refractivity contribution in [2.75, 3.05) is 0 Å². The third-order valence-corrected chi connectivity index (χ3v) is 0.724. The Morgan fingerprint density at radius 1 is 1.20 bits per heavy atom. The standard InChI is InChI=1S/C6H6O4/c1-4(7)5(8)2-3-6(9)10/h2-3H,1H3,(H,9,10)/b3-2+. The van der Waals surface area contributed by atoms with Gasteiger partial charge in [-0.15, -0.1) is 0 Å². The summed E-state index contributed by atoms with van der Waals surface area (Å²) in [7, 11) is 0. The van der Waals surface area contributed by atoms with Gasteiger partial charge < -0.3 is 5.11 Å². The van der Waals surface area contributed by atoms with Crippen LogP contribution in [0.5, 0.6) is 0 Å². The second kappa shape index (κ2) is 3.55. The fourth-order valence-electron chi connectivity index (χ4n) is 0.264. The summed E-state index contributed by atoms with van der Waals surface area (Å²) < 4.78 is 0. The first-order valence-electron chi connectivity index (χ1n) is 2.50. The number of hydrogen-bond donors (Lipinski definition) is 1. The predicted octanol–water partition coefficient (Wildman–Crippen LogP) is -0.215. The average molecular weight is 142 g/mol. The van der Waals surface area contributed by atoms with E-state index in [9.17, 15) is 14.4 Å². The van der Waals surface area contributed by atoms with Crippen molar-refractivity contribution in [3.63, 3.8) is 0 Å². The monoisotopic (exact) mass is 142 g/mol. The number of rotatable bonds is 3. The smallest absolute Gasteiger partial charge is 0.328 e. The van der Waals surface area contributed by atoms with Crippen LogP contribution < -0.4 is 0 Å². The summed E-state index contributed by atoms with van der Waals surface area (Å²) in [5.74, 6) is -2.71. The minimum absolute atomic E-state index is 0.629. The summed E-state index contributed by atoms with van der Waals surface area (Å²) >= 11 is 0. The van der Waals surface area contributed by atoms with Gasteiger partial charge in [0.05, 0.1) is 0 Å². The zero-order valence-corrected chi connectivity index (χ0v) is 5.33. The molecule has 0 aromatic rings. The Kier molecular flexibility index (Phi) is 3.04. The number of carboxylic acids is 1. The molecular formula is C6H6O4. The van der Waals surface area contributed by atoms with Crippen LogP contribution >= 0.6 is 0 Å². The van der Waals surface area contributed by atoms with Crippen molar-refractivity contribution in [3.05, 3.63) is 12.2 Å². The number of carboxylic acid groups (broad SMARTS) is 1. The largest absolute Gasteiger partial charge is 0.478 e. The van der Waals surface area contributed by atoms with E-state index in [0.717, 1.165) is 13.0 Å². The van der Waals surface area contributed by atoms with Crippen LogP contribution in [0, 0.1) is 0 Å². The molecule has 0 atom stereocenters. The highest BCUT2D eigenvalue weighted by molar-refractivity contribution is 6.41. The van der Waals surface area contributed by atoms with Gasteiger partial charge in [0.15, 0.2) is 5.78 Å². The van der Waals surface area contributed by atoms with Gasteiger partial charge in [0.1, 0.15) is 0 Å². The van der Waals surface area contributed by atoms with Crippen molar-refractivity contribution in [1.29, 1.82) is 0 Å². The van der Waals surface area contributed by atoms with E-state index in [0.29, 0.717) is 6.08 Å². The maximum absolute atomic E-state index is 10.3. The topological polar surface area (TPSA) is 71.4 Å². The molecule has 0 saturated carbocycles. The molecular weight excluding hydrogens is 136 g/mol. The minimum Gasteiger partial charge on any atom is -0.478 e. The first kappa shape index (κ1) is 8.55. The van der Waals surface area contributed by atoms with E-state index in [1.807, 2.05) is 0 Å². The van der Waals surface area contributed by atoms with Crippen LogP contribution in [0.4, 0.5) is 0 Å². The quantitative estimate of drug-likeness (QED) is 0.437. The Labute approximate surface area is 57.2 Å². The molecule has 4 nitrogen and oxygen atoms in total. The molecule has 0 aliphatic rings. The molecule has 0 rings (SSSR count). The van der Waals surface area contributed by atoms with E-state index < -0.39 is 17.5 Å². The van der Waals surface area contributed by atoms with E-state index >= 15 is 0 Å². The van der Waals surface area contributed by atoms with Gasteiger partial charge in [-0.2, -0.15) is 0 Å². The van der Waals surface area contributed by atoms with Crippen LogP contribution in [0.1, 0.15) is 6.92 Å². The third kappa shape index (κ3) is 3.54. The van der Waals surface area contributed by atoms with E-state index in [4.69, 9.17) is 5.11 Å². The molecule has 0 fully saturated rings. The maximum Gasteiger partial charge on any atom is 0.328 e. The summed E-state index contributed by atoms with van der Waals surface area (Å²) in [5.41, 5.74) is 0. The highest BCUT2D eigenvalue weighted by Gasteiger charge is 2.01. The summed E-state index contributed by atoms with van der Waals surface area (Å²) in [6.45, 7) is 1.08. The van der Waals surface area contributed by atoms with E-state index in [-0.39, 0.29) is 0 Å². The summed E-state index contributed by atoms with van der Waals surface area (Å²) in [6, 6.07) is 0. The molecule has 0 aromatic heterocycles. The second-order valence-corrected chi connectivity index (χ2v) is 1.59. The maximum atomic E-state index is 10.3. The van der Waals surface area contributed by atoms with Crippen molar-refractivity contribution in [2.45, 2.75) is 6.92 Å². The highest BCUT2D eigenvalue weighted by Crippen LogP contribution is 1.78. The lowest BCUT2D eigenvalue weighted by atomic mass is 10.3. The predicted molar refractivity (Wildman–Crippen MR) is 32.5 cm³/mol. The molecule has 1 N–H and O–H groups in total. The Morgan fingerprint density at radius 3 is 2.00 bits per heavy atom. The Balaban J connectivity index is 4.03. The molecule has 10 heavy (non-hydrogen) atoms. The molecule has 0 unspecified atom stereocenters. The van der Waals surface area contributed by atoms with Crippen molar-refractivity contribution in [1.82, 2.24) is 0 Å². The molecule has 0 spiro atoms. The first-order chi connectivity index (χ1) is 4.54. The SMILES string of the molecule is CC(=O)C(=O)/C=C/C(=O)O. The number of carbonyl (C=O) groups excluding carboxylic acids is 2. The van der Waals surface area contributed by atoms with Crippen LogP contribution in [-0.2, 0) is 14.4 Å². The van der Waals surface area contributed by atoms with E-state index in [1.165, 1.54) is 0 Å². The molecule has 0 aromatic carbocycles. The molecule has 0 heterocycles. The lowest BCUT2D eigenvalue weighted by molar-refractivity contribution is -0.133. The number of ketones is 2. The van der Waals surface area contributed by atoms with Gasteiger partial charge >= 0.3 is 5.97 Å². The molecule has 0 aliphatic heterocycles. The van der Waals surface area contributed by atoms with Gasteiger partial charge in [0.2, 0.25) is 5.78 Å². The van der Waals surface area contributed by atoms with E-state index in [1.54, 1.807) is 0 Å². The summed E-state index contributed by atoms with van der Waals surface area (Å²) in [5, 5.41) is 7.99. The van der Waals surface area contributed by atoms with E-state index in [2.05, 4.69) is 0 Å². The average Bonchev–Trinajstić information content (AvgIpc) is 1.82. The van der Waals surface area contributed by atoms with Crippen LogP contribution in [0.25, 0.3) is 0 Å². The lowest BCUT2D eigenvalue weighted by Crippen LogP contribution is -2.05. The van der Waals surface area contributed by atoms with Gasteiger partial charge in [-0.25, -0.2) is 4.79 Å². The number of carbonyl (C=O) groups is 3. The number of aliphatic carboxylic acids is 1. The van der Waals surface area contributed by atoms with Crippen molar-refractivity contribution < 1.29 is 19.5 Å². The molecule has 0 aliphatic carbocycles. The fraction of sp³-hybridized carbons (Fsp3) is 0.167. The summed E-state index contributed by atoms with van der Waals surface area (Å²) in [4.78, 5) is 30.3. The zero-order chi connectivity index (χ0) is 8.15. The molecule has 54 valence electrons. The van der Waals surface area contributed by atoms with Crippen LogP contribution in [0.15, 0.2) is 12.2 Å². The van der Waals surface area contributed by atoms with Gasteiger partial charge in [-0.05, 0) is 6.08 Å². The molecule has 0 radical (unpaired) electrons. The second-order valence-electron chi connectivity index (χ2n) is 1.59. The van der Waals surface area contributed by atoms with Crippen molar-refractivity contribution in [2.24, 2.45) is 0 Å². The summed E-state index contributed by atoms with van der Waals surface area (Å²) in [6.07, 6.45) is 1.36. The Bertz CT molecular complexity index is 202. The normalized spacial score (nSPS) is 9.70. The van der Waals surface area contributed by atoms with Crippen LogP contribution in [0.2, 0.25) is 0 Å². The molecule has 0 amide bonds. The lowest BCUT2D eigenvalue weighted by Gasteiger charge is -1.80. The first-order valence-corrected chi connectivity index (χ1v) is 2.50. The molecule has 4 heteroatoms. The van der Waals surface area contributed by atoms with Gasteiger partial charge in [0, 0.05) is 13.0 Å². The number of Topliss-reactive ketones (excluding diaryl/α,β-unsaturated/α-hetero) is 1. The Morgan fingerprint density at radius 2 is 1.70 bits per heavy atom. The third-order valence-electron chi connectivity index (χ3n) is 0.724. The number of hydrogen-bond acceptors (Lipinski definition) is 3. The Hall–Kier alpha value is -1.45. The molecule has 0 saturated heterocycles. The fourth-order valence-corrected chi connectivity index (χ4v) is 0.264. The molecule has 0 bridgehead atoms. The number of allylic oxidation sites excluding steroid dienone is 1. The minimum atomic E-state index is -1.24. The van der Waals surface area contributed by atoms with Crippen LogP contribution in [-0.4, -0.2) is 22.6 Å². The van der Waals surface area contributed by atoms with Gasteiger partial charge in [0.25, 0.3) is 0 Å². The van der Waals surface area contributed by atoms with Gasteiger partial charge in [-0.1, -0.05) is 0 Å². The van der Waals surface area contributed by atoms with Gasteiger partial charge in [-0.3, -0.25) is 9.59 Å². The van der Waals surface area contributed by atoms with Crippen molar-refractivity contribution in [3.8, 4) is 0 Å². The van der Waals surface area contributed by atoms with Crippen molar-refractivity contribution >= 4 is 17.5 Å². The van der Waals surface area contributed by atoms with Crippen LogP contribution in [0.3, 0.4) is 0 Å². The highest BCUT2D eigenvalue weighted by atomic mass is 16.4. The zero-order valence-electron chi connectivity index (χ0n) is 5.33.